The maximum atomic E-state index is 5.50. The first kappa shape index (κ1) is 52.3. The number of nitrogens with one attached hydrogen (secondary N) is 7. The van der Waals surface area contributed by atoms with Gasteiger partial charge in [-0.1, -0.05) is 0 Å². The third kappa shape index (κ3) is 1040. The van der Waals surface area contributed by atoms with Crippen LogP contribution >= 0.6 is 0 Å². The first-order chi connectivity index (χ1) is 9.81. The van der Waals surface area contributed by atoms with E-state index in [0.29, 0.717) is 0 Å². The summed E-state index contributed by atoms with van der Waals surface area (Å²) >= 11 is 0. The molecule has 0 radical (unpaired) electrons. The number of hydrogen-bond acceptors (Lipinski definition) is 9. The second-order valence-corrected chi connectivity index (χ2v) is 3.12. The summed E-state index contributed by atoms with van der Waals surface area (Å²) in [6.07, 6.45) is 0. The Balaban J connectivity index is -0.0000000149. The minimum atomic E-state index is -1.16. The summed E-state index contributed by atoms with van der Waals surface area (Å²) in [5, 5.41) is 38.5. The molecule has 0 aliphatic heterocycles. The molecule has 0 fully saturated rings. The van der Waals surface area contributed by atoms with Crippen LogP contribution in [-0.4, -0.2) is 70.5 Å². The molecule has 0 heterocycles. The molecule has 7 N–H and O–H groups in total. The zero-order valence-electron chi connectivity index (χ0n) is 12.8. The smallest absolute Gasteiger partial charge is 0.317 e. The zero-order chi connectivity index (χ0) is 19.0. The normalized spacial score (nSPS) is 4.40. The molecule has 9 nitrogen and oxygen atoms in total. The van der Waals surface area contributed by atoms with Crippen LogP contribution in [0.15, 0.2) is 0 Å². The molecular formula is C10H31N7O2Si. The van der Waals surface area contributed by atoms with Crippen LogP contribution < -0.4 is 0 Å². The van der Waals surface area contributed by atoms with Crippen molar-refractivity contribution in [1.29, 1.82) is 37.9 Å². The van der Waals surface area contributed by atoms with Crippen LogP contribution in [0.25, 0.3) is 0 Å². The number of rotatable bonds is 2. The van der Waals surface area contributed by atoms with Gasteiger partial charge in [-0.25, -0.2) is 0 Å². The summed E-state index contributed by atoms with van der Waals surface area (Å²) in [6.45, 7) is 19.5. The van der Waals surface area contributed by atoms with Gasteiger partial charge in [-0.2, -0.15) is 0 Å². The minimum Gasteiger partial charge on any atom is -0.400 e. The molecule has 0 saturated heterocycles. The molecule has 10 heteroatoms. The second kappa shape index (κ2) is 527. The maximum Gasteiger partial charge on any atom is 0.317 e. The average Bonchev–Trinajstić information content (AvgIpc) is 2.66. The summed E-state index contributed by atoms with van der Waals surface area (Å²) in [7, 11) is 2.17. The van der Waals surface area contributed by atoms with Gasteiger partial charge in [0.05, 0.1) is 0 Å². The van der Waals surface area contributed by atoms with E-state index in [2.05, 4.69) is 47.0 Å². The van der Waals surface area contributed by atoms with Crippen molar-refractivity contribution in [2.24, 2.45) is 0 Å². The number of hydrogen-bond donors (Lipinski definition) is 7. The molecule has 0 aliphatic carbocycles. The first-order valence-electron chi connectivity index (χ1n) is 4.34. The Kier molecular flexibility index (Phi) is 1380. The van der Waals surface area contributed by atoms with E-state index in [9.17, 15) is 0 Å². The van der Waals surface area contributed by atoms with E-state index in [-0.39, 0.29) is 0 Å². The van der Waals surface area contributed by atoms with Crippen molar-refractivity contribution in [2.75, 3.05) is 14.2 Å². The summed E-state index contributed by atoms with van der Waals surface area (Å²) in [5.41, 5.74) is 0. The SMILES string of the molecule is C=N.C=N.C=N.C=N.C=N.C=N.C=N.CO[SiH](C)OC. The molecule has 0 saturated carbocycles. The van der Waals surface area contributed by atoms with Gasteiger partial charge in [-0.3, -0.25) is 0 Å². The lowest BCUT2D eigenvalue weighted by molar-refractivity contribution is 0.285. The Morgan fingerprint density at radius 2 is 0.600 bits per heavy atom. The monoisotopic (exact) mass is 309 g/mol. The van der Waals surface area contributed by atoms with Gasteiger partial charge in [-0.15, -0.1) is 0 Å². The van der Waals surface area contributed by atoms with Crippen LogP contribution in [0.3, 0.4) is 0 Å². The van der Waals surface area contributed by atoms with Crippen molar-refractivity contribution < 1.29 is 8.85 Å². The molecule has 0 aromatic heterocycles. The van der Waals surface area contributed by atoms with E-state index >= 15 is 0 Å². The van der Waals surface area contributed by atoms with Crippen molar-refractivity contribution in [2.45, 2.75) is 6.55 Å². The van der Waals surface area contributed by atoms with Crippen molar-refractivity contribution >= 4 is 56.3 Å². The van der Waals surface area contributed by atoms with E-state index in [1.54, 1.807) is 14.2 Å². The lowest BCUT2D eigenvalue weighted by Gasteiger charge is -2.00. The van der Waals surface area contributed by atoms with E-state index in [0.717, 1.165) is 0 Å². The highest BCUT2D eigenvalue weighted by atomic mass is 28.3. The molecule has 0 atom stereocenters. The highest BCUT2D eigenvalue weighted by Crippen LogP contribution is 1.77. The lowest BCUT2D eigenvalue weighted by atomic mass is 11.8. The zero-order valence-corrected chi connectivity index (χ0v) is 14.0. The van der Waals surface area contributed by atoms with Crippen molar-refractivity contribution in [3.05, 3.63) is 0 Å². The Labute approximate surface area is 124 Å². The highest BCUT2D eigenvalue weighted by molar-refractivity contribution is 6.42. The van der Waals surface area contributed by atoms with Gasteiger partial charge in [-0.05, 0) is 53.6 Å². The van der Waals surface area contributed by atoms with Crippen LogP contribution in [0.5, 0.6) is 0 Å². The molecular weight excluding hydrogens is 278 g/mol. The third-order valence-electron chi connectivity index (χ3n) is 0.664. The molecule has 0 aliphatic rings. The Morgan fingerprint density at radius 3 is 0.600 bits per heavy atom. The molecule has 0 unspecified atom stereocenters. The minimum absolute atomic E-state index is 1.16. The van der Waals surface area contributed by atoms with Gasteiger partial charge in [0, 0.05) is 14.2 Å². The fraction of sp³-hybridized carbons (Fsp3) is 0.300. The van der Waals surface area contributed by atoms with Crippen LogP contribution in [0.2, 0.25) is 6.55 Å². The van der Waals surface area contributed by atoms with Crippen molar-refractivity contribution in [3.63, 3.8) is 0 Å². The predicted molar refractivity (Wildman–Crippen MR) is 95.9 cm³/mol. The standard InChI is InChI=1S/C3H10O2Si.7CH3N/c1-4-6(3)5-2;7*1-2/h6H,1-3H3;7*2H,1H2. The van der Waals surface area contributed by atoms with Gasteiger partial charge in [0.25, 0.3) is 0 Å². The topological polar surface area (TPSA) is 185 Å². The van der Waals surface area contributed by atoms with E-state index in [1.807, 2.05) is 6.55 Å². The largest absolute Gasteiger partial charge is 0.400 e. The van der Waals surface area contributed by atoms with Crippen molar-refractivity contribution in [1.82, 2.24) is 0 Å². The maximum absolute atomic E-state index is 5.50. The average molecular weight is 309 g/mol. The van der Waals surface area contributed by atoms with E-state index in [4.69, 9.17) is 46.7 Å². The van der Waals surface area contributed by atoms with E-state index < -0.39 is 9.28 Å². The van der Waals surface area contributed by atoms with Gasteiger partial charge < -0.3 is 46.7 Å². The van der Waals surface area contributed by atoms with Crippen LogP contribution in [0, 0.1) is 37.9 Å². The molecule has 0 aromatic rings. The highest BCUT2D eigenvalue weighted by Gasteiger charge is 1.94. The summed E-state index contributed by atoms with van der Waals surface area (Å²) in [4.78, 5) is 0. The Hall–Kier alpha value is -2.17. The molecule has 122 valence electrons. The summed E-state index contributed by atoms with van der Waals surface area (Å²) in [6, 6.07) is 0. The Morgan fingerprint density at radius 1 is 0.500 bits per heavy atom. The second-order valence-electron chi connectivity index (χ2n) is 1.04. The summed E-state index contributed by atoms with van der Waals surface area (Å²) < 4.78 is 9.63. The van der Waals surface area contributed by atoms with Crippen molar-refractivity contribution in [3.8, 4) is 0 Å². The fourth-order valence-corrected chi connectivity index (χ4v) is 0.289. The molecule has 20 heavy (non-hydrogen) atoms. The van der Waals surface area contributed by atoms with Crippen LogP contribution in [0.4, 0.5) is 0 Å². The molecule has 0 aromatic carbocycles. The first-order valence-corrected chi connectivity index (χ1v) is 6.44. The third-order valence-corrected chi connectivity index (χ3v) is 1.99. The van der Waals surface area contributed by atoms with Gasteiger partial charge in [0.2, 0.25) is 0 Å². The fourth-order valence-electron chi connectivity index (χ4n) is 0.0962. The van der Waals surface area contributed by atoms with Crippen LogP contribution in [0.1, 0.15) is 0 Å². The molecule has 0 amide bonds. The predicted octanol–water partition coefficient (Wildman–Crippen LogP) is 1.99. The Bertz CT molecular complexity index is 94.0. The van der Waals surface area contributed by atoms with Crippen LogP contribution in [-0.2, 0) is 8.85 Å². The summed E-state index contributed by atoms with van der Waals surface area (Å²) in [5.74, 6) is 0. The van der Waals surface area contributed by atoms with Gasteiger partial charge in [0.15, 0.2) is 0 Å². The quantitative estimate of drug-likeness (QED) is 0.304. The van der Waals surface area contributed by atoms with Gasteiger partial charge in [0.1, 0.15) is 0 Å². The molecule has 0 rings (SSSR count). The molecule has 0 spiro atoms. The lowest BCUT2D eigenvalue weighted by Crippen LogP contribution is -2.12. The van der Waals surface area contributed by atoms with E-state index in [1.165, 1.54) is 0 Å². The van der Waals surface area contributed by atoms with Gasteiger partial charge >= 0.3 is 9.28 Å². The molecule has 0 bridgehead atoms.